The van der Waals surface area contributed by atoms with Gasteiger partial charge in [-0.25, -0.2) is 0 Å². The summed E-state index contributed by atoms with van der Waals surface area (Å²) in [6, 6.07) is 15.3. The van der Waals surface area contributed by atoms with Crippen LogP contribution in [0.5, 0.6) is 11.5 Å². The van der Waals surface area contributed by atoms with Crippen LogP contribution in [-0.4, -0.2) is 20.8 Å². The Balaban J connectivity index is 1.83. The Bertz CT molecular complexity index is 1290. The highest BCUT2D eigenvalue weighted by atomic mass is 28.4. The minimum atomic E-state index is -2.92. The number of aldehydes is 1. The second-order valence-corrected chi connectivity index (χ2v) is 15.6. The first-order valence-electron chi connectivity index (χ1n) is 11.3. The number of hydrogen-bond acceptors (Lipinski definition) is 4. The number of anilines is 1. The minimum absolute atomic E-state index is 0.171. The molecule has 5 nitrogen and oxygen atoms in total. The Morgan fingerprint density at radius 1 is 0.909 bits per heavy atom. The van der Waals surface area contributed by atoms with E-state index in [0.717, 1.165) is 28.7 Å². The summed E-state index contributed by atoms with van der Waals surface area (Å²) in [7, 11) is -2.92. The second-order valence-electron chi connectivity index (χ2n) is 10.9. The van der Waals surface area contributed by atoms with Gasteiger partial charge in [0.05, 0.1) is 17.5 Å². The van der Waals surface area contributed by atoms with E-state index in [0.29, 0.717) is 28.8 Å². The number of amides is 1. The summed E-state index contributed by atoms with van der Waals surface area (Å²) in [6.45, 7) is 13.3. The molecule has 0 aliphatic carbocycles. The van der Waals surface area contributed by atoms with Gasteiger partial charge in [-0.15, -0.1) is 0 Å². The molecule has 0 saturated heterocycles. The molecule has 0 bridgehead atoms. The molecule has 1 amide bonds. The molecule has 0 saturated carbocycles. The largest absolute Gasteiger partial charge is 0.511 e. The lowest BCUT2D eigenvalue weighted by Crippen LogP contribution is -2.63. The first kappa shape index (κ1) is 21.7. The van der Waals surface area contributed by atoms with Crippen LogP contribution in [0.15, 0.2) is 48.5 Å². The number of carbonyl (C=O) groups is 2. The van der Waals surface area contributed by atoms with E-state index in [-0.39, 0.29) is 16.0 Å². The zero-order valence-electron chi connectivity index (χ0n) is 20.0. The summed E-state index contributed by atoms with van der Waals surface area (Å²) >= 11 is 0. The minimum Gasteiger partial charge on any atom is -0.511 e. The Labute approximate surface area is 195 Å². The van der Waals surface area contributed by atoms with Crippen LogP contribution < -0.4 is 13.8 Å². The Kier molecular flexibility index (Phi) is 4.56. The molecule has 5 rings (SSSR count). The summed E-state index contributed by atoms with van der Waals surface area (Å²) in [5, 5.41) is 0.995. The van der Waals surface area contributed by atoms with Crippen LogP contribution >= 0.6 is 0 Å². The fourth-order valence-corrected chi connectivity index (χ4v) is 10.0. The van der Waals surface area contributed by atoms with E-state index in [1.165, 1.54) is 0 Å². The highest BCUT2D eigenvalue weighted by molar-refractivity contribution is 6.75. The smallest absolute Gasteiger partial charge is 0.471 e. The summed E-state index contributed by atoms with van der Waals surface area (Å²) in [6.07, 6.45) is 0.793. The zero-order valence-corrected chi connectivity index (χ0v) is 21.0. The van der Waals surface area contributed by atoms with Crippen LogP contribution in [0.3, 0.4) is 0 Å². The van der Waals surface area contributed by atoms with Gasteiger partial charge in [0, 0.05) is 32.3 Å². The summed E-state index contributed by atoms with van der Waals surface area (Å²) in [4.78, 5) is 27.7. The van der Waals surface area contributed by atoms with Crippen LogP contribution in [0, 0.1) is 0 Å². The Morgan fingerprint density at radius 2 is 1.58 bits per heavy atom. The number of nitrogens with zero attached hydrogens (tertiary/aromatic N) is 1. The molecule has 3 aromatic carbocycles. The highest BCUT2D eigenvalue weighted by Gasteiger charge is 2.64. The third-order valence-corrected chi connectivity index (χ3v) is 11.8. The third kappa shape index (κ3) is 2.90. The average molecular weight is 460 g/mol. The van der Waals surface area contributed by atoms with Crippen molar-refractivity contribution in [1.29, 1.82) is 0 Å². The molecule has 0 unspecified atom stereocenters. The number of para-hydroxylation sites is 1. The van der Waals surface area contributed by atoms with Crippen molar-refractivity contribution in [2.24, 2.45) is 0 Å². The van der Waals surface area contributed by atoms with Crippen LogP contribution in [-0.2, 0) is 6.54 Å². The molecule has 0 aromatic heterocycles. The quantitative estimate of drug-likeness (QED) is 0.319. The fraction of sp³-hybridized carbons (Fsp3) is 0.333. The Morgan fingerprint density at radius 3 is 2.18 bits per heavy atom. The molecule has 2 heterocycles. The molecule has 0 atom stereocenters. The van der Waals surface area contributed by atoms with E-state index in [1.807, 2.05) is 48.5 Å². The van der Waals surface area contributed by atoms with Gasteiger partial charge >= 0.3 is 8.56 Å². The molecule has 2 aliphatic heterocycles. The maximum absolute atomic E-state index is 13.6. The van der Waals surface area contributed by atoms with Gasteiger partial charge in [-0.2, -0.15) is 0 Å². The molecule has 170 valence electrons. The molecule has 0 radical (unpaired) electrons. The summed E-state index contributed by atoms with van der Waals surface area (Å²) in [5.41, 5.74) is 2.43. The van der Waals surface area contributed by atoms with Gasteiger partial charge in [-0.05, 0) is 18.2 Å². The zero-order chi connectivity index (χ0) is 23.8. The number of carbonyl (C=O) groups excluding carboxylic acids is 2. The average Bonchev–Trinajstić information content (AvgIpc) is 3.10. The molecular weight excluding hydrogens is 430 g/mol. The van der Waals surface area contributed by atoms with Crippen molar-refractivity contribution in [3.63, 3.8) is 0 Å². The van der Waals surface area contributed by atoms with Gasteiger partial charge < -0.3 is 13.8 Å². The van der Waals surface area contributed by atoms with Crippen molar-refractivity contribution in [1.82, 2.24) is 0 Å². The van der Waals surface area contributed by atoms with Gasteiger partial charge in [0.15, 0.2) is 6.29 Å². The first-order valence-corrected chi connectivity index (χ1v) is 13.1. The van der Waals surface area contributed by atoms with Crippen molar-refractivity contribution in [2.45, 2.75) is 58.2 Å². The van der Waals surface area contributed by atoms with E-state index in [2.05, 4.69) is 41.5 Å². The van der Waals surface area contributed by atoms with Crippen LogP contribution in [0.1, 0.15) is 67.8 Å². The van der Waals surface area contributed by atoms with Crippen LogP contribution in [0.4, 0.5) is 5.69 Å². The lowest BCUT2D eigenvalue weighted by molar-refractivity contribution is 0.0990. The summed E-state index contributed by atoms with van der Waals surface area (Å²) in [5.74, 6) is 1.27. The van der Waals surface area contributed by atoms with Crippen molar-refractivity contribution in [3.05, 3.63) is 65.2 Å². The lowest BCUT2D eigenvalue weighted by Gasteiger charge is -2.50. The number of fused-ring (bicyclic) bond motifs is 2. The SMILES string of the molecule is CC(C)(C)[Si]1(C(C)(C)C)Oc2cccc3c(C=O)c4c(c(c23)O1)CN(c1ccccc1)C4=O. The predicted molar refractivity (Wildman–Crippen MR) is 133 cm³/mol. The van der Waals surface area contributed by atoms with Crippen molar-refractivity contribution in [3.8, 4) is 11.5 Å². The molecule has 0 N–H and O–H groups in total. The topological polar surface area (TPSA) is 55.8 Å². The third-order valence-electron chi connectivity index (χ3n) is 6.82. The van der Waals surface area contributed by atoms with Crippen LogP contribution in [0.25, 0.3) is 10.8 Å². The van der Waals surface area contributed by atoms with E-state index in [1.54, 1.807) is 4.90 Å². The van der Waals surface area contributed by atoms with E-state index in [9.17, 15) is 9.59 Å². The van der Waals surface area contributed by atoms with Gasteiger partial charge in [0.1, 0.15) is 11.5 Å². The van der Waals surface area contributed by atoms with E-state index < -0.39 is 8.56 Å². The first-order chi connectivity index (χ1) is 15.5. The van der Waals surface area contributed by atoms with E-state index >= 15 is 0 Å². The maximum atomic E-state index is 13.6. The lowest BCUT2D eigenvalue weighted by atomic mass is 9.94. The molecule has 3 aromatic rings. The van der Waals surface area contributed by atoms with Crippen LogP contribution in [0.2, 0.25) is 10.1 Å². The maximum Gasteiger partial charge on any atom is 0.471 e. The van der Waals surface area contributed by atoms with Crippen molar-refractivity contribution < 1.29 is 18.4 Å². The highest BCUT2D eigenvalue weighted by Crippen LogP contribution is 2.58. The number of benzene rings is 3. The van der Waals surface area contributed by atoms with Gasteiger partial charge in [-0.1, -0.05) is 71.9 Å². The fourth-order valence-electron chi connectivity index (χ4n) is 5.50. The predicted octanol–water partition coefficient (Wildman–Crippen LogP) is 6.63. The number of rotatable bonds is 2. The molecule has 33 heavy (non-hydrogen) atoms. The second kappa shape index (κ2) is 6.94. The normalized spacial score (nSPS) is 16.9. The van der Waals surface area contributed by atoms with Crippen molar-refractivity contribution >= 4 is 37.2 Å². The van der Waals surface area contributed by atoms with Gasteiger partial charge in [0.25, 0.3) is 5.91 Å². The van der Waals surface area contributed by atoms with Gasteiger partial charge in [0.2, 0.25) is 0 Å². The Hall–Kier alpha value is -3.12. The summed E-state index contributed by atoms with van der Waals surface area (Å²) < 4.78 is 13.8. The molecule has 6 heteroatoms. The molecule has 0 spiro atoms. The standard InChI is InChI=1S/C27H29NO4Si/c1-26(2,3)33(27(4,5)6)31-21-14-10-13-18-20(16-29)22-19(24(32-33)23(18)21)15-28(25(22)30)17-11-8-7-9-12-17/h7-14,16H,15H2,1-6H3. The monoisotopic (exact) mass is 459 g/mol. The molecule has 0 fully saturated rings. The molecular formula is C27H29NO4Si. The van der Waals surface area contributed by atoms with Crippen molar-refractivity contribution in [2.75, 3.05) is 4.90 Å². The van der Waals surface area contributed by atoms with E-state index in [4.69, 9.17) is 8.85 Å². The number of hydrogen-bond donors (Lipinski definition) is 0. The molecule has 2 aliphatic rings. The van der Waals surface area contributed by atoms with Gasteiger partial charge in [-0.3, -0.25) is 9.59 Å².